The first-order valence-electron chi connectivity index (χ1n) is 6.57. The van der Waals surface area contributed by atoms with Gasteiger partial charge in [0, 0.05) is 16.8 Å². The Hall–Kier alpha value is -1.51. The van der Waals surface area contributed by atoms with Crippen molar-refractivity contribution in [3.63, 3.8) is 0 Å². The van der Waals surface area contributed by atoms with E-state index < -0.39 is 0 Å². The van der Waals surface area contributed by atoms with Crippen molar-refractivity contribution in [1.29, 1.82) is 0 Å². The van der Waals surface area contributed by atoms with Crippen molar-refractivity contribution >= 4 is 17.3 Å². The summed E-state index contributed by atoms with van der Waals surface area (Å²) in [5.74, 6) is 0. The summed E-state index contributed by atoms with van der Waals surface area (Å²) in [5, 5.41) is 4.23. The van der Waals surface area contributed by atoms with E-state index in [0.717, 1.165) is 23.7 Å². The lowest BCUT2D eigenvalue weighted by molar-refractivity contribution is 0.543. The molecule has 1 aliphatic rings. The SMILES string of the molecule is CC1NCCc2c(-c3ccc(Cl)cc3)ccc(N)c21. The van der Waals surface area contributed by atoms with E-state index in [9.17, 15) is 0 Å². The molecular weight excluding hydrogens is 256 g/mol. The minimum Gasteiger partial charge on any atom is -0.398 e. The van der Waals surface area contributed by atoms with Crippen LogP contribution in [0.2, 0.25) is 5.02 Å². The number of rotatable bonds is 1. The van der Waals surface area contributed by atoms with Gasteiger partial charge in [-0.2, -0.15) is 0 Å². The highest BCUT2D eigenvalue weighted by molar-refractivity contribution is 6.30. The van der Waals surface area contributed by atoms with Crippen molar-refractivity contribution in [3.8, 4) is 11.1 Å². The zero-order valence-electron chi connectivity index (χ0n) is 10.9. The van der Waals surface area contributed by atoms with Gasteiger partial charge in [-0.25, -0.2) is 0 Å². The molecule has 0 aromatic heterocycles. The lowest BCUT2D eigenvalue weighted by Crippen LogP contribution is -2.29. The van der Waals surface area contributed by atoms with Gasteiger partial charge in [0.25, 0.3) is 0 Å². The molecule has 0 saturated heterocycles. The van der Waals surface area contributed by atoms with Crippen LogP contribution in [0, 0.1) is 0 Å². The number of benzene rings is 2. The fraction of sp³-hybridized carbons (Fsp3) is 0.250. The third-order valence-corrected chi connectivity index (χ3v) is 4.06. The smallest absolute Gasteiger partial charge is 0.0406 e. The zero-order valence-corrected chi connectivity index (χ0v) is 11.7. The molecular formula is C16H17ClN2. The maximum absolute atomic E-state index is 6.14. The van der Waals surface area contributed by atoms with Crippen LogP contribution in [0.1, 0.15) is 24.1 Å². The summed E-state index contributed by atoms with van der Waals surface area (Å²) in [4.78, 5) is 0. The Morgan fingerprint density at radius 3 is 2.63 bits per heavy atom. The average molecular weight is 273 g/mol. The number of halogens is 1. The van der Waals surface area contributed by atoms with E-state index in [0.29, 0.717) is 6.04 Å². The molecule has 3 N–H and O–H groups in total. The van der Waals surface area contributed by atoms with Gasteiger partial charge in [-0.05, 0) is 60.3 Å². The fourth-order valence-corrected chi connectivity index (χ4v) is 3.01. The molecule has 0 spiro atoms. The minimum absolute atomic E-state index is 0.316. The van der Waals surface area contributed by atoms with Crippen LogP contribution in [0.5, 0.6) is 0 Å². The van der Waals surface area contributed by atoms with Crippen LogP contribution in [-0.2, 0) is 6.42 Å². The third-order valence-electron chi connectivity index (χ3n) is 3.80. The van der Waals surface area contributed by atoms with E-state index in [-0.39, 0.29) is 0 Å². The maximum Gasteiger partial charge on any atom is 0.0406 e. The number of anilines is 1. The second-order valence-electron chi connectivity index (χ2n) is 5.03. The second kappa shape index (κ2) is 4.87. The zero-order chi connectivity index (χ0) is 13.4. The van der Waals surface area contributed by atoms with Gasteiger partial charge < -0.3 is 11.1 Å². The minimum atomic E-state index is 0.316. The molecule has 0 amide bonds. The fourth-order valence-electron chi connectivity index (χ4n) is 2.88. The summed E-state index contributed by atoms with van der Waals surface area (Å²) in [5.41, 5.74) is 12.1. The molecule has 0 radical (unpaired) electrons. The molecule has 0 aliphatic carbocycles. The molecule has 0 saturated carbocycles. The molecule has 0 fully saturated rings. The summed E-state index contributed by atoms with van der Waals surface area (Å²) < 4.78 is 0. The number of hydrogen-bond acceptors (Lipinski definition) is 2. The monoisotopic (exact) mass is 272 g/mol. The highest BCUT2D eigenvalue weighted by atomic mass is 35.5. The van der Waals surface area contributed by atoms with Crippen LogP contribution < -0.4 is 11.1 Å². The van der Waals surface area contributed by atoms with Gasteiger partial charge in [-0.1, -0.05) is 29.8 Å². The number of nitrogens with two attached hydrogens (primary N) is 1. The number of fused-ring (bicyclic) bond motifs is 1. The van der Waals surface area contributed by atoms with Crippen LogP contribution in [0.25, 0.3) is 11.1 Å². The van der Waals surface area contributed by atoms with Gasteiger partial charge in [-0.3, -0.25) is 0 Å². The summed E-state index contributed by atoms with van der Waals surface area (Å²) in [6.45, 7) is 3.16. The van der Waals surface area contributed by atoms with Gasteiger partial charge >= 0.3 is 0 Å². The van der Waals surface area contributed by atoms with E-state index in [1.54, 1.807) is 0 Å². The highest BCUT2D eigenvalue weighted by Gasteiger charge is 2.21. The average Bonchev–Trinajstić information content (AvgIpc) is 2.41. The summed E-state index contributed by atoms with van der Waals surface area (Å²) in [7, 11) is 0. The summed E-state index contributed by atoms with van der Waals surface area (Å²) in [6, 6.07) is 12.5. The lowest BCUT2D eigenvalue weighted by atomic mass is 9.87. The highest BCUT2D eigenvalue weighted by Crippen LogP contribution is 2.36. The van der Waals surface area contributed by atoms with E-state index in [2.05, 4.69) is 30.4 Å². The number of nitrogens with one attached hydrogen (secondary N) is 1. The first kappa shape index (κ1) is 12.5. The van der Waals surface area contributed by atoms with Gasteiger partial charge in [-0.15, -0.1) is 0 Å². The molecule has 3 heteroatoms. The first-order valence-corrected chi connectivity index (χ1v) is 6.95. The van der Waals surface area contributed by atoms with Crippen LogP contribution in [0.3, 0.4) is 0 Å². The number of hydrogen-bond donors (Lipinski definition) is 2. The Balaban J connectivity index is 2.17. The number of nitrogen functional groups attached to an aromatic ring is 1. The van der Waals surface area contributed by atoms with Crippen molar-refractivity contribution in [2.24, 2.45) is 0 Å². The molecule has 1 atom stereocenters. The Bertz CT molecular complexity index is 605. The van der Waals surface area contributed by atoms with Crippen molar-refractivity contribution in [2.45, 2.75) is 19.4 Å². The quantitative estimate of drug-likeness (QED) is 0.775. The Morgan fingerprint density at radius 1 is 1.16 bits per heavy atom. The van der Waals surface area contributed by atoms with Gasteiger partial charge in [0.05, 0.1) is 0 Å². The largest absolute Gasteiger partial charge is 0.398 e. The van der Waals surface area contributed by atoms with E-state index in [4.69, 9.17) is 17.3 Å². The van der Waals surface area contributed by atoms with Crippen molar-refractivity contribution in [2.75, 3.05) is 12.3 Å². The topological polar surface area (TPSA) is 38.0 Å². The first-order chi connectivity index (χ1) is 9.16. The van der Waals surface area contributed by atoms with E-state index in [1.807, 2.05) is 18.2 Å². The van der Waals surface area contributed by atoms with Gasteiger partial charge in [0.1, 0.15) is 0 Å². The Morgan fingerprint density at radius 2 is 1.89 bits per heavy atom. The standard InChI is InChI=1S/C16H17ClN2/c1-10-16-14(8-9-19-10)13(6-7-15(16)18)11-2-4-12(17)5-3-11/h2-7,10,19H,8-9,18H2,1H3. The molecule has 2 aromatic carbocycles. The van der Waals surface area contributed by atoms with Crippen LogP contribution in [-0.4, -0.2) is 6.54 Å². The van der Waals surface area contributed by atoms with Crippen molar-refractivity contribution in [3.05, 3.63) is 52.5 Å². The lowest BCUT2D eigenvalue weighted by Gasteiger charge is -2.27. The predicted octanol–water partition coefficient (Wildman–Crippen LogP) is 3.80. The molecule has 98 valence electrons. The molecule has 1 heterocycles. The Labute approximate surface area is 118 Å². The molecule has 0 bridgehead atoms. The molecule has 1 unspecified atom stereocenters. The van der Waals surface area contributed by atoms with Crippen LogP contribution in [0.4, 0.5) is 5.69 Å². The molecule has 19 heavy (non-hydrogen) atoms. The normalized spacial score (nSPS) is 18.1. The molecule has 2 nitrogen and oxygen atoms in total. The maximum atomic E-state index is 6.14. The summed E-state index contributed by atoms with van der Waals surface area (Å²) >= 11 is 5.96. The van der Waals surface area contributed by atoms with Crippen molar-refractivity contribution < 1.29 is 0 Å². The Kier molecular flexibility index (Phi) is 3.21. The van der Waals surface area contributed by atoms with Crippen LogP contribution in [0.15, 0.2) is 36.4 Å². The molecule has 1 aliphatic heterocycles. The predicted molar refractivity (Wildman–Crippen MR) is 81.4 cm³/mol. The third kappa shape index (κ3) is 2.22. The second-order valence-corrected chi connectivity index (χ2v) is 5.46. The van der Waals surface area contributed by atoms with Gasteiger partial charge in [0.15, 0.2) is 0 Å². The summed E-state index contributed by atoms with van der Waals surface area (Å²) in [6.07, 6.45) is 1.02. The van der Waals surface area contributed by atoms with E-state index >= 15 is 0 Å². The van der Waals surface area contributed by atoms with E-state index in [1.165, 1.54) is 22.3 Å². The molecule has 3 rings (SSSR count). The molecule has 2 aromatic rings. The van der Waals surface area contributed by atoms with Crippen molar-refractivity contribution in [1.82, 2.24) is 5.32 Å². The van der Waals surface area contributed by atoms with Crippen LogP contribution >= 0.6 is 11.6 Å². The van der Waals surface area contributed by atoms with Gasteiger partial charge in [0.2, 0.25) is 0 Å².